The molecule has 2 rings (SSSR count). The van der Waals surface area contributed by atoms with E-state index in [2.05, 4.69) is 10.0 Å². The predicted molar refractivity (Wildman–Crippen MR) is 115 cm³/mol. The minimum Gasteiger partial charge on any atom is -0.455 e. The summed E-state index contributed by atoms with van der Waals surface area (Å²) in [5, 5.41) is 3.51. The topological polar surface area (TPSA) is 102 Å². The van der Waals surface area contributed by atoms with E-state index in [4.69, 9.17) is 27.9 Å². The van der Waals surface area contributed by atoms with Crippen LogP contribution < -0.4 is 10.0 Å². The van der Waals surface area contributed by atoms with E-state index in [0.717, 1.165) is 11.1 Å². The first-order valence-corrected chi connectivity index (χ1v) is 11.2. The van der Waals surface area contributed by atoms with Crippen LogP contribution in [0.2, 0.25) is 10.0 Å². The molecule has 0 aliphatic carbocycles. The fourth-order valence-corrected chi connectivity index (χ4v) is 4.15. The van der Waals surface area contributed by atoms with E-state index in [-0.39, 0.29) is 4.90 Å². The van der Waals surface area contributed by atoms with Crippen molar-refractivity contribution in [2.75, 3.05) is 13.2 Å². The largest absolute Gasteiger partial charge is 0.455 e. The van der Waals surface area contributed by atoms with Gasteiger partial charge < -0.3 is 10.1 Å². The molecule has 1 unspecified atom stereocenters. The average molecular weight is 473 g/mol. The number of hydrogen-bond acceptors (Lipinski definition) is 5. The van der Waals surface area contributed by atoms with Crippen molar-refractivity contribution in [3.63, 3.8) is 0 Å². The number of benzene rings is 2. The predicted octanol–water partition coefficient (Wildman–Crippen LogP) is 3.31. The molecule has 0 saturated carbocycles. The summed E-state index contributed by atoms with van der Waals surface area (Å²) in [6.07, 6.45) is 0. The van der Waals surface area contributed by atoms with Gasteiger partial charge in [-0.15, -0.1) is 0 Å². The zero-order valence-electron chi connectivity index (χ0n) is 16.7. The Morgan fingerprint density at radius 3 is 2.40 bits per heavy atom. The Hall–Kier alpha value is -2.13. The number of carbonyl (C=O) groups excluding carboxylic acids is 2. The van der Waals surface area contributed by atoms with Crippen LogP contribution in [0.3, 0.4) is 0 Å². The Morgan fingerprint density at radius 1 is 1.07 bits per heavy atom. The van der Waals surface area contributed by atoms with Crippen molar-refractivity contribution in [2.45, 2.75) is 31.7 Å². The van der Waals surface area contributed by atoms with Gasteiger partial charge >= 0.3 is 5.97 Å². The Morgan fingerprint density at radius 2 is 1.77 bits per heavy atom. The van der Waals surface area contributed by atoms with E-state index in [9.17, 15) is 18.0 Å². The maximum absolute atomic E-state index is 12.3. The van der Waals surface area contributed by atoms with Gasteiger partial charge in [0.05, 0.1) is 10.9 Å². The van der Waals surface area contributed by atoms with Crippen molar-refractivity contribution < 1.29 is 22.7 Å². The summed E-state index contributed by atoms with van der Waals surface area (Å²) in [5.74, 6) is -1.44. The summed E-state index contributed by atoms with van der Waals surface area (Å²) in [6.45, 7) is 4.22. The Kier molecular flexibility index (Phi) is 8.25. The summed E-state index contributed by atoms with van der Waals surface area (Å²) in [5.41, 5.74) is 2.42. The van der Waals surface area contributed by atoms with Crippen molar-refractivity contribution in [2.24, 2.45) is 0 Å². The zero-order valence-corrected chi connectivity index (χ0v) is 19.0. The molecule has 1 amide bonds. The number of ether oxygens (including phenoxy) is 1. The minimum atomic E-state index is -3.87. The summed E-state index contributed by atoms with van der Waals surface area (Å²) in [6, 6.07) is 9.09. The molecular formula is C20H22Cl2N2O5S. The summed E-state index contributed by atoms with van der Waals surface area (Å²) < 4.78 is 31.5. The maximum Gasteiger partial charge on any atom is 0.321 e. The lowest BCUT2D eigenvalue weighted by atomic mass is 10.1. The van der Waals surface area contributed by atoms with Gasteiger partial charge in [-0.3, -0.25) is 9.59 Å². The minimum absolute atomic E-state index is 0.0461. The van der Waals surface area contributed by atoms with Gasteiger partial charge in [-0.2, -0.15) is 4.72 Å². The first-order chi connectivity index (χ1) is 14.0. The lowest BCUT2D eigenvalue weighted by molar-refractivity contribution is -0.147. The van der Waals surface area contributed by atoms with E-state index in [1.54, 1.807) is 38.1 Å². The molecule has 30 heavy (non-hydrogen) atoms. The molecule has 2 aromatic carbocycles. The molecule has 0 heterocycles. The van der Waals surface area contributed by atoms with E-state index in [1.165, 1.54) is 12.1 Å². The van der Waals surface area contributed by atoms with E-state index < -0.39 is 41.1 Å². The Balaban J connectivity index is 1.83. The van der Waals surface area contributed by atoms with Gasteiger partial charge in [-0.05, 0) is 61.7 Å². The van der Waals surface area contributed by atoms with Crippen LogP contribution in [0.15, 0.2) is 41.3 Å². The number of esters is 1. The average Bonchev–Trinajstić information content (AvgIpc) is 2.66. The second kappa shape index (κ2) is 10.3. The van der Waals surface area contributed by atoms with Crippen molar-refractivity contribution in [1.82, 2.24) is 10.0 Å². The number of halogens is 2. The number of aryl methyl sites for hydroxylation is 2. The third-order valence-corrected chi connectivity index (χ3v) is 6.33. The number of carbonyl (C=O) groups is 2. The molecular weight excluding hydrogens is 451 g/mol. The van der Waals surface area contributed by atoms with E-state index in [1.807, 2.05) is 6.92 Å². The number of rotatable bonds is 8. The van der Waals surface area contributed by atoms with Gasteiger partial charge in [-0.25, -0.2) is 8.42 Å². The third kappa shape index (κ3) is 6.70. The fourth-order valence-electron chi connectivity index (χ4n) is 2.53. The highest BCUT2D eigenvalue weighted by Gasteiger charge is 2.18. The van der Waals surface area contributed by atoms with Crippen LogP contribution in [0.5, 0.6) is 0 Å². The molecule has 0 aromatic heterocycles. The highest BCUT2D eigenvalue weighted by atomic mass is 35.5. The number of hydrogen-bond donors (Lipinski definition) is 2. The van der Waals surface area contributed by atoms with Crippen LogP contribution in [0.1, 0.15) is 29.7 Å². The molecule has 2 N–H and O–H groups in total. The van der Waals surface area contributed by atoms with Crippen LogP contribution in [0.4, 0.5) is 0 Å². The fraction of sp³-hybridized carbons (Fsp3) is 0.300. The van der Waals surface area contributed by atoms with Gasteiger partial charge in [-0.1, -0.05) is 35.3 Å². The lowest BCUT2D eigenvalue weighted by Crippen LogP contribution is -2.34. The van der Waals surface area contributed by atoms with Crippen LogP contribution in [-0.2, 0) is 24.3 Å². The number of amides is 1. The number of nitrogens with one attached hydrogen (secondary N) is 2. The molecule has 0 aliphatic heterocycles. The van der Waals surface area contributed by atoms with Crippen molar-refractivity contribution >= 4 is 45.1 Å². The molecule has 0 spiro atoms. The highest BCUT2D eigenvalue weighted by molar-refractivity contribution is 7.89. The second-order valence-corrected chi connectivity index (χ2v) is 9.30. The quantitative estimate of drug-likeness (QED) is 0.573. The van der Waals surface area contributed by atoms with Crippen molar-refractivity contribution in [3.8, 4) is 0 Å². The molecule has 0 bridgehead atoms. The first kappa shape index (κ1) is 24.1. The summed E-state index contributed by atoms with van der Waals surface area (Å²) >= 11 is 12.0. The summed E-state index contributed by atoms with van der Waals surface area (Å²) in [7, 11) is -3.87. The molecule has 7 nitrogen and oxygen atoms in total. The highest BCUT2D eigenvalue weighted by Crippen LogP contribution is 2.26. The third-order valence-electron chi connectivity index (χ3n) is 4.37. The number of sulfonamides is 1. The SMILES string of the molecule is Cc1ccc(S(=O)(=O)NCC(=O)OCC(=O)NC(C)c2ccc(Cl)cc2Cl)cc1C. The molecule has 0 radical (unpaired) electrons. The first-order valence-electron chi connectivity index (χ1n) is 8.96. The van der Waals surface area contributed by atoms with Crippen molar-refractivity contribution in [3.05, 3.63) is 63.1 Å². The van der Waals surface area contributed by atoms with Gasteiger partial charge in [0.1, 0.15) is 6.54 Å². The Labute approximate surface area is 185 Å². The van der Waals surface area contributed by atoms with Crippen LogP contribution in [-0.4, -0.2) is 33.4 Å². The van der Waals surface area contributed by atoms with E-state index >= 15 is 0 Å². The maximum atomic E-state index is 12.3. The molecule has 0 aliphatic rings. The standard InChI is InChI=1S/C20H22Cl2N2O5S/c1-12-4-6-16(8-13(12)2)30(27,28)23-10-20(26)29-11-19(25)24-14(3)17-7-5-15(21)9-18(17)22/h4-9,14,23H,10-11H2,1-3H3,(H,24,25). The van der Waals surface area contributed by atoms with E-state index in [0.29, 0.717) is 15.6 Å². The monoisotopic (exact) mass is 472 g/mol. The smallest absolute Gasteiger partial charge is 0.321 e. The normalized spacial score (nSPS) is 12.3. The van der Waals surface area contributed by atoms with Crippen LogP contribution in [0.25, 0.3) is 0 Å². The zero-order chi connectivity index (χ0) is 22.5. The van der Waals surface area contributed by atoms with Gasteiger partial charge in [0, 0.05) is 10.0 Å². The molecule has 10 heteroatoms. The van der Waals surface area contributed by atoms with Gasteiger partial charge in [0.15, 0.2) is 6.61 Å². The van der Waals surface area contributed by atoms with Gasteiger partial charge in [0.2, 0.25) is 10.0 Å². The lowest BCUT2D eigenvalue weighted by Gasteiger charge is -2.16. The van der Waals surface area contributed by atoms with Gasteiger partial charge in [0.25, 0.3) is 5.91 Å². The molecule has 2 aromatic rings. The molecule has 0 fully saturated rings. The molecule has 1 atom stereocenters. The Bertz CT molecular complexity index is 1060. The molecule has 162 valence electrons. The van der Waals surface area contributed by atoms with Crippen LogP contribution in [0, 0.1) is 13.8 Å². The summed E-state index contributed by atoms with van der Waals surface area (Å²) in [4.78, 5) is 23.9. The van der Waals surface area contributed by atoms with Crippen molar-refractivity contribution in [1.29, 1.82) is 0 Å². The second-order valence-electron chi connectivity index (χ2n) is 6.69. The molecule has 0 saturated heterocycles. The van der Waals surface area contributed by atoms with Crippen LogP contribution >= 0.6 is 23.2 Å².